The van der Waals surface area contributed by atoms with E-state index < -0.39 is 0 Å². The Balaban J connectivity index is 1.63. The maximum absolute atomic E-state index is 12.6. The van der Waals surface area contributed by atoms with Gasteiger partial charge in [0, 0.05) is 23.0 Å². The number of aryl methyl sites for hydroxylation is 1. The molecule has 0 fully saturated rings. The van der Waals surface area contributed by atoms with E-state index in [1.165, 1.54) is 11.8 Å². The van der Waals surface area contributed by atoms with Crippen LogP contribution in [-0.2, 0) is 6.42 Å². The van der Waals surface area contributed by atoms with Crippen LogP contribution in [0.3, 0.4) is 0 Å². The third kappa shape index (κ3) is 4.07. The van der Waals surface area contributed by atoms with E-state index in [1.807, 2.05) is 50.2 Å². The number of ketones is 1. The van der Waals surface area contributed by atoms with Gasteiger partial charge in [0.25, 0.3) is 5.22 Å². The summed E-state index contributed by atoms with van der Waals surface area (Å²) in [5.41, 5.74) is 4.00. The summed E-state index contributed by atoms with van der Waals surface area (Å²) in [6.07, 6.45) is 0.595. The average molecular weight is 369 g/mol. The molecule has 0 aliphatic carbocycles. The van der Waals surface area contributed by atoms with Crippen LogP contribution >= 0.6 is 11.8 Å². The van der Waals surface area contributed by atoms with Crippen LogP contribution in [0.15, 0.2) is 46.0 Å². The smallest absolute Gasteiger partial charge is 0.277 e. The number of carbonyl (C=O) groups excluding carboxylic acids is 1. The minimum absolute atomic E-state index is 0.0813. The van der Waals surface area contributed by atoms with Crippen molar-refractivity contribution in [3.8, 4) is 0 Å². The third-order valence-electron chi connectivity index (χ3n) is 4.27. The lowest BCUT2D eigenvalue weighted by Gasteiger charge is -2.13. The molecule has 0 amide bonds. The van der Waals surface area contributed by atoms with Crippen molar-refractivity contribution in [3.05, 3.63) is 64.8 Å². The minimum Gasteiger partial charge on any atom is -0.416 e. The quantitative estimate of drug-likeness (QED) is 0.449. The number of thioether (sulfide) groups is 1. The molecule has 3 aromatic rings. The number of rotatable bonds is 7. The van der Waals surface area contributed by atoms with Gasteiger partial charge in [-0.1, -0.05) is 42.1 Å². The Kier molecular flexibility index (Phi) is 5.61. The van der Waals surface area contributed by atoms with Gasteiger partial charge in [0.2, 0.25) is 5.89 Å². The lowest BCUT2D eigenvalue weighted by atomic mass is 10.2. The standard InChI is InChI=1S/C20H23N3O2S/c1-13(2)23-14(3)10-17(15(23)4)18(24)12-26-20-22-21-19(25-20)11-16-8-6-5-7-9-16/h5-10,13H,11-12H2,1-4H3. The van der Waals surface area contributed by atoms with E-state index in [0.29, 0.717) is 23.6 Å². The van der Waals surface area contributed by atoms with E-state index >= 15 is 0 Å². The lowest BCUT2D eigenvalue weighted by Crippen LogP contribution is -2.08. The molecule has 2 aromatic heterocycles. The van der Waals surface area contributed by atoms with E-state index in [2.05, 4.69) is 28.6 Å². The Morgan fingerprint density at radius 1 is 1.19 bits per heavy atom. The number of Topliss-reactive ketones (excluding diaryl/α,β-unsaturated/α-hetero) is 1. The summed E-state index contributed by atoms with van der Waals surface area (Å²) in [6, 6.07) is 12.3. The van der Waals surface area contributed by atoms with Crippen LogP contribution in [0.4, 0.5) is 0 Å². The van der Waals surface area contributed by atoms with Crippen molar-refractivity contribution in [2.75, 3.05) is 5.75 Å². The van der Waals surface area contributed by atoms with Crippen LogP contribution in [-0.4, -0.2) is 26.3 Å². The molecule has 6 heteroatoms. The summed E-state index contributed by atoms with van der Waals surface area (Å²) in [5, 5.41) is 8.54. The van der Waals surface area contributed by atoms with Gasteiger partial charge in [-0.2, -0.15) is 0 Å². The Labute approximate surface area is 157 Å². The highest BCUT2D eigenvalue weighted by atomic mass is 32.2. The number of hydrogen-bond acceptors (Lipinski definition) is 5. The highest BCUT2D eigenvalue weighted by Crippen LogP contribution is 2.24. The van der Waals surface area contributed by atoms with Crippen LogP contribution < -0.4 is 0 Å². The first-order valence-electron chi connectivity index (χ1n) is 8.66. The number of hydrogen-bond donors (Lipinski definition) is 0. The zero-order valence-electron chi connectivity index (χ0n) is 15.5. The summed E-state index contributed by atoms with van der Waals surface area (Å²) < 4.78 is 7.84. The third-order valence-corrected chi connectivity index (χ3v) is 5.09. The van der Waals surface area contributed by atoms with Gasteiger partial charge in [0.15, 0.2) is 5.78 Å². The molecule has 0 saturated carbocycles. The molecule has 0 radical (unpaired) electrons. The number of benzene rings is 1. The molecule has 136 valence electrons. The van der Waals surface area contributed by atoms with Crippen LogP contribution in [0.5, 0.6) is 0 Å². The molecule has 0 bridgehead atoms. The van der Waals surface area contributed by atoms with Crippen molar-refractivity contribution < 1.29 is 9.21 Å². The molecule has 3 rings (SSSR count). The molecule has 0 aliphatic rings. The van der Waals surface area contributed by atoms with Crippen molar-refractivity contribution >= 4 is 17.5 Å². The van der Waals surface area contributed by atoms with Crippen LogP contribution in [0.25, 0.3) is 0 Å². The van der Waals surface area contributed by atoms with Crippen molar-refractivity contribution in [2.24, 2.45) is 0 Å². The Morgan fingerprint density at radius 2 is 1.92 bits per heavy atom. The second kappa shape index (κ2) is 7.91. The van der Waals surface area contributed by atoms with Gasteiger partial charge >= 0.3 is 0 Å². The van der Waals surface area contributed by atoms with E-state index in [4.69, 9.17) is 4.42 Å². The summed E-state index contributed by atoms with van der Waals surface area (Å²) >= 11 is 1.29. The molecule has 2 heterocycles. The van der Waals surface area contributed by atoms with E-state index in [0.717, 1.165) is 22.5 Å². The monoisotopic (exact) mass is 369 g/mol. The van der Waals surface area contributed by atoms with Crippen LogP contribution in [0.2, 0.25) is 0 Å². The normalized spacial score (nSPS) is 11.3. The van der Waals surface area contributed by atoms with Gasteiger partial charge in [-0.05, 0) is 39.3 Å². The van der Waals surface area contributed by atoms with Crippen molar-refractivity contribution in [1.29, 1.82) is 0 Å². The maximum atomic E-state index is 12.6. The first kappa shape index (κ1) is 18.5. The van der Waals surface area contributed by atoms with E-state index in [-0.39, 0.29) is 11.5 Å². The number of carbonyl (C=O) groups is 1. The summed E-state index contributed by atoms with van der Waals surface area (Å²) in [4.78, 5) is 12.6. The first-order valence-corrected chi connectivity index (χ1v) is 9.65. The molecule has 0 spiro atoms. The van der Waals surface area contributed by atoms with Gasteiger partial charge in [0.05, 0.1) is 12.2 Å². The molecular formula is C20H23N3O2S. The van der Waals surface area contributed by atoms with Gasteiger partial charge < -0.3 is 8.98 Å². The Hall–Kier alpha value is -2.34. The SMILES string of the molecule is Cc1cc(C(=O)CSc2nnc(Cc3ccccc3)o2)c(C)n1C(C)C. The van der Waals surface area contributed by atoms with Crippen molar-refractivity contribution in [3.63, 3.8) is 0 Å². The average Bonchev–Trinajstić information content (AvgIpc) is 3.17. The second-order valence-corrected chi connectivity index (χ2v) is 7.51. The van der Waals surface area contributed by atoms with E-state index in [9.17, 15) is 4.79 Å². The molecule has 0 N–H and O–H groups in total. The van der Waals surface area contributed by atoms with Crippen LogP contribution in [0.1, 0.15) is 53.1 Å². The number of nitrogens with zero attached hydrogens (tertiary/aromatic N) is 3. The highest BCUT2D eigenvalue weighted by Gasteiger charge is 2.18. The summed E-state index contributed by atoms with van der Waals surface area (Å²) in [6.45, 7) is 8.27. The highest BCUT2D eigenvalue weighted by molar-refractivity contribution is 7.99. The fourth-order valence-corrected chi connectivity index (χ4v) is 3.86. The fraction of sp³-hybridized carbons (Fsp3) is 0.350. The van der Waals surface area contributed by atoms with Gasteiger partial charge in [-0.25, -0.2) is 0 Å². The molecule has 1 aromatic carbocycles. The predicted molar refractivity (Wildman–Crippen MR) is 103 cm³/mol. The van der Waals surface area contributed by atoms with Crippen molar-refractivity contribution in [1.82, 2.24) is 14.8 Å². The number of aromatic nitrogens is 3. The first-order chi connectivity index (χ1) is 12.5. The van der Waals surface area contributed by atoms with Crippen molar-refractivity contribution in [2.45, 2.75) is 45.4 Å². The molecule has 26 heavy (non-hydrogen) atoms. The summed E-state index contributed by atoms with van der Waals surface area (Å²) in [7, 11) is 0. The predicted octanol–water partition coefficient (Wildman–Crippen LogP) is 4.63. The molecule has 0 atom stereocenters. The van der Waals surface area contributed by atoms with Gasteiger partial charge in [-0.15, -0.1) is 10.2 Å². The molecule has 5 nitrogen and oxygen atoms in total. The second-order valence-electron chi connectivity index (χ2n) is 6.58. The zero-order chi connectivity index (χ0) is 18.7. The molecule has 0 saturated heterocycles. The fourth-order valence-electron chi connectivity index (χ4n) is 3.20. The molecule has 0 aliphatic heterocycles. The lowest BCUT2D eigenvalue weighted by molar-refractivity contribution is 0.102. The largest absolute Gasteiger partial charge is 0.416 e. The van der Waals surface area contributed by atoms with Crippen LogP contribution in [0, 0.1) is 13.8 Å². The van der Waals surface area contributed by atoms with Gasteiger partial charge in [-0.3, -0.25) is 4.79 Å². The van der Waals surface area contributed by atoms with Gasteiger partial charge in [0.1, 0.15) is 0 Å². The molecular weight excluding hydrogens is 346 g/mol. The van der Waals surface area contributed by atoms with E-state index in [1.54, 1.807) is 0 Å². The maximum Gasteiger partial charge on any atom is 0.277 e. The zero-order valence-corrected chi connectivity index (χ0v) is 16.3. The summed E-state index contributed by atoms with van der Waals surface area (Å²) in [5.74, 6) is 0.928. The Bertz CT molecular complexity index is 897. The molecule has 0 unspecified atom stereocenters. The minimum atomic E-state index is 0.0813. The Morgan fingerprint density at radius 3 is 2.58 bits per heavy atom. The topological polar surface area (TPSA) is 60.9 Å².